The third-order valence-electron chi connectivity index (χ3n) is 5.75. The maximum Gasteiger partial charge on any atom is 0.270 e. The summed E-state index contributed by atoms with van der Waals surface area (Å²) in [4.78, 5) is 26.9. The Hall–Kier alpha value is -3.73. The molecule has 1 aromatic carbocycles. The Bertz CT molecular complexity index is 1210. The van der Waals surface area contributed by atoms with E-state index >= 15 is 0 Å². The molecule has 0 unspecified atom stereocenters. The van der Waals surface area contributed by atoms with Crippen LogP contribution in [0.15, 0.2) is 23.8 Å². The number of nitro benzene ring substituents is 1. The molecule has 0 spiro atoms. The van der Waals surface area contributed by atoms with Crippen molar-refractivity contribution < 1.29 is 14.5 Å². The van der Waals surface area contributed by atoms with Gasteiger partial charge in [0.05, 0.1) is 23.7 Å². The molecule has 0 bridgehead atoms. The zero-order valence-electron chi connectivity index (χ0n) is 17.8. The van der Waals surface area contributed by atoms with Gasteiger partial charge in [0, 0.05) is 41.4 Å². The number of nitrogens with one attached hydrogen (secondary N) is 1. The van der Waals surface area contributed by atoms with E-state index in [1.54, 1.807) is 6.07 Å². The minimum atomic E-state index is -0.646. The first-order valence-corrected chi connectivity index (χ1v) is 11.4. The molecule has 4 rings (SSSR count). The molecule has 168 valence electrons. The zero-order valence-corrected chi connectivity index (χ0v) is 18.6. The highest BCUT2D eigenvalue weighted by Gasteiger charge is 2.23. The lowest BCUT2D eigenvalue weighted by molar-refractivity contribution is -0.384. The molecule has 1 fully saturated rings. The molecule has 1 amide bonds. The number of aryl methyl sites for hydroxylation is 1. The number of nitriles is 2. The summed E-state index contributed by atoms with van der Waals surface area (Å²) >= 11 is 1.38. The lowest BCUT2D eigenvalue weighted by atomic mass is 9.96. The van der Waals surface area contributed by atoms with E-state index in [4.69, 9.17) is 4.74 Å². The van der Waals surface area contributed by atoms with Crippen molar-refractivity contribution in [3.8, 4) is 12.1 Å². The summed E-state index contributed by atoms with van der Waals surface area (Å²) in [6, 6.07) is 8.49. The molecule has 10 heteroatoms. The molecule has 33 heavy (non-hydrogen) atoms. The number of carbonyl (C=O) groups excluding carboxylic acids is 1. The number of hydrogen-bond acceptors (Lipinski definition) is 8. The number of nitrogens with zero attached hydrogens (tertiary/aromatic N) is 4. The molecule has 1 aliphatic heterocycles. The van der Waals surface area contributed by atoms with Crippen LogP contribution in [0.5, 0.6) is 0 Å². The lowest BCUT2D eigenvalue weighted by Gasteiger charge is -2.30. The molecule has 2 aliphatic rings. The van der Waals surface area contributed by atoms with Gasteiger partial charge >= 0.3 is 0 Å². The van der Waals surface area contributed by atoms with Gasteiger partial charge in [0.1, 0.15) is 22.7 Å². The number of rotatable bonds is 5. The van der Waals surface area contributed by atoms with Crippen molar-refractivity contribution in [3.05, 3.63) is 55.5 Å². The molecule has 1 N–H and O–H groups in total. The van der Waals surface area contributed by atoms with E-state index in [0.717, 1.165) is 36.1 Å². The highest BCUT2D eigenvalue weighted by Crippen LogP contribution is 2.38. The Morgan fingerprint density at radius 1 is 1.24 bits per heavy atom. The number of anilines is 2. The van der Waals surface area contributed by atoms with Crippen LogP contribution in [0.25, 0.3) is 6.08 Å². The number of thiophene rings is 1. The molecule has 1 aliphatic carbocycles. The summed E-state index contributed by atoms with van der Waals surface area (Å²) in [6.45, 7) is 2.23. The van der Waals surface area contributed by atoms with Gasteiger partial charge in [0.25, 0.3) is 11.6 Å². The number of ether oxygens (including phenoxy) is 1. The Labute approximate surface area is 194 Å². The molecule has 9 nitrogen and oxygen atoms in total. The van der Waals surface area contributed by atoms with Gasteiger partial charge in [-0.15, -0.1) is 11.3 Å². The van der Waals surface area contributed by atoms with Crippen LogP contribution in [-0.2, 0) is 22.4 Å². The second-order valence-corrected chi connectivity index (χ2v) is 8.86. The first-order chi connectivity index (χ1) is 16.0. The summed E-state index contributed by atoms with van der Waals surface area (Å²) in [5, 5.41) is 33.8. The molecule has 0 atom stereocenters. The smallest absolute Gasteiger partial charge is 0.270 e. The van der Waals surface area contributed by atoms with E-state index in [2.05, 4.69) is 11.4 Å². The van der Waals surface area contributed by atoms with Gasteiger partial charge in [-0.1, -0.05) is 0 Å². The van der Waals surface area contributed by atoms with Gasteiger partial charge < -0.3 is 15.0 Å². The average Bonchev–Trinajstić information content (AvgIpc) is 3.19. The molecule has 0 radical (unpaired) electrons. The van der Waals surface area contributed by atoms with Crippen LogP contribution in [0.1, 0.15) is 34.4 Å². The van der Waals surface area contributed by atoms with Crippen molar-refractivity contribution >= 4 is 39.7 Å². The second-order valence-electron chi connectivity index (χ2n) is 7.75. The third kappa shape index (κ3) is 4.72. The van der Waals surface area contributed by atoms with E-state index in [-0.39, 0.29) is 11.3 Å². The van der Waals surface area contributed by atoms with Crippen LogP contribution < -0.4 is 10.2 Å². The van der Waals surface area contributed by atoms with Gasteiger partial charge in [0.15, 0.2) is 0 Å². The van der Waals surface area contributed by atoms with Crippen LogP contribution in [0, 0.1) is 32.8 Å². The van der Waals surface area contributed by atoms with Crippen LogP contribution in [-0.4, -0.2) is 37.1 Å². The van der Waals surface area contributed by atoms with E-state index in [1.807, 2.05) is 11.0 Å². The van der Waals surface area contributed by atoms with Crippen LogP contribution in [0.4, 0.5) is 16.4 Å². The summed E-state index contributed by atoms with van der Waals surface area (Å²) < 4.78 is 5.38. The fourth-order valence-corrected chi connectivity index (χ4v) is 5.34. The number of carbonyl (C=O) groups is 1. The molecule has 2 heterocycles. The van der Waals surface area contributed by atoms with Crippen LogP contribution in [0.2, 0.25) is 0 Å². The lowest BCUT2D eigenvalue weighted by Crippen LogP contribution is -2.36. The van der Waals surface area contributed by atoms with Crippen molar-refractivity contribution in [2.45, 2.75) is 25.7 Å². The zero-order chi connectivity index (χ0) is 23.4. The van der Waals surface area contributed by atoms with E-state index in [9.17, 15) is 25.4 Å². The van der Waals surface area contributed by atoms with Gasteiger partial charge in [-0.25, -0.2) is 0 Å². The molecule has 1 saturated heterocycles. The molecule has 2 aromatic rings. The van der Waals surface area contributed by atoms with Crippen molar-refractivity contribution in [2.75, 3.05) is 36.5 Å². The number of nitro groups is 1. The quantitative estimate of drug-likeness (QED) is 0.309. The molecule has 1 aromatic heterocycles. The van der Waals surface area contributed by atoms with Crippen molar-refractivity contribution in [1.29, 1.82) is 10.5 Å². The van der Waals surface area contributed by atoms with Crippen molar-refractivity contribution in [2.24, 2.45) is 0 Å². The van der Waals surface area contributed by atoms with E-state index < -0.39 is 10.8 Å². The fraction of sp³-hybridized carbons (Fsp3) is 0.348. The van der Waals surface area contributed by atoms with Gasteiger partial charge in [-0.3, -0.25) is 14.9 Å². The van der Waals surface area contributed by atoms with Gasteiger partial charge in [-0.05, 0) is 43.4 Å². The number of amides is 1. The standard InChI is InChI=1S/C23H21N5O4S/c24-13-16(22(29)26-23-19(14-25)18-3-1-2-4-21(18)33-23)11-15-12-17(28(30)31)5-6-20(15)27-7-9-32-10-8-27/h5-6,11-12H,1-4,7-10H2,(H,26,29)/b16-11-. The van der Waals surface area contributed by atoms with Crippen molar-refractivity contribution in [1.82, 2.24) is 0 Å². The van der Waals surface area contributed by atoms with E-state index in [0.29, 0.717) is 48.1 Å². The summed E-state index contributed by atoms with van der Waals surface area (Å²) in [6.07, 6.45) is 5.11. The SMILES string of the molecule is N#C/C(=C/c1cc([N+](=O)[O-])ccc1N1CCOCC1)C(=O)Nc1sc2c(c1C#N)CCCC2. The number of benzene rings is 1. The summed E-state index contributed by atoms with van der Waals surface area (Å²) in [7, 11) is 0. The third-order valence-corrected chi connectivity index (χ3v) is 6.96. The Kier molecular flexibility index (Phi) is 6.68. The maximum atomic E-state index is 13.0. The summed E-state index contributed by atoms with van der Waals surface area (Å²) in [5.41, 5.74) is 2.22. The van der Waals surface area contributed by atoms with Crippen molar-refractivity contribution in [3.63, 3.8) is 0 Å². The van der Waals surface area contributed by atoms with Gasteiger partial charge in [0.2, 0.25) is 0 Å². The second kappa shape index (κ2) is 9.82. The number of hydrogen-bond donors (Lipinski definition) is 1. The minimum Gasteiger partial charge on any atom is -0.378 e. The number of fused-ring (bicyclic) bond motifs is 1. The first-order valence-electron chi connectivity index (χ1n) is 10.6. The summed E-state index contributed by atoms with van der Waals surface area (Å²) in [5.74, 6) is -0.646. The van der Waals surface area contributed by atoms with Crippen LogP contribution in [0.3, 0.4) is 0 Å². The monoisotopic (exact) mass is 463 g/mol. The minimum absolute atomic E-state index is 0.131. The fourth-order valence-electron chi connectivity index (χ4n) is 4.11. The Balaban J connectivity index is 1.67. The number of non-ortho nitro benzene ring substituents is 1. The highest BCUT2D eigenvalue weighted by molar-refractivity contribution is 7.16. The molecular formula is C23H21N5O4S. The first kappa shape index (κ1) is 22.5. The Morgan fingerprint density at radius 2 is 2.00 bits per heavy atom. The predicted molar refractivity (Wildman–Crippen MR) is 124 cm³/mol. The Morgan fingerprint density at radius 3 is 2.70 bits per heavy atom. The topological polar surface area (TPSA) is 132 Å². The highest BCUT2D eigenvalue weighted by atomic mass is 32.1. The molecular weight excluding hydrogens is 442 g/mol. The normalized spacial score (nSPS) is 15.8. The predicted octanol–water partition coefficient (Wildman–Crippen LogP) is 3.79. The maximum absolute atomic E-state index is 13.0. The largest absolute Gasteiger partial charge is 0.378 e. The molecule has 0 saturated carbocycles. The van der Waals surface area contributed by atoms with Crippen LogP contribution >= 0.6 is 11.3 Å². The van der Waals surface area contributed by atoms with Gasteiger partial charge in [-0.2, -0.15) is 10.5 Å². The van der Waals surface area contributed by atoms with E-state index in [1.165, 1.54) is 29.5 Å². The number of morpholine rings is 1. The average molecular weight is 464 g/mol.